The minimum absolute atomic E-state index is 0.552. The van der Waals surface area contributed by atoms with Crippen molar-refractivity contribution in [3.8, 4) is 6.07 Å². The van der Waals surface area contributed by atoms with E-state index in [1.54, 1.807) is 6.33 Å². The van der Waals surface area contributed by atoms with Crippen molar-refractivity contribution in [2.24, 2.45) is 0 Å². The summed E-state index contributed by atoms with van der Waals surface area (Å²) in [7, 11) is 0. The smallest absolute Gasteiger partial charge is 0.146 e. The van der Waals surface area contributed by atoms with Gasteiger partial charge in [-0.05, 0) is 24.3 Å². The van der Waals surface area contributed by atoms with Gasteiger partial charge in [-0.2, -0.15) is 5.26 Å². The average Bonchev–Trinajstić information content (AvgIpc) is 2.78. The summed E-state index contributed by atoms with van der Waals surface area (Å²) in [5.41, 5.74) is 4.89. The number of nitriles is 1. The Bertz CT molecular complexity index is 1070. The molecule has 140 valence electrons. The van der Waals surface area contributed by atoms with Crippen LogP contribution in [0.5, 0.6) is 0 Å². The van der Waals surface area contributed by atoms with Gasteiger partial charge in [0.2, 0.25) is 0 Å². The Morgan fingerprint density at radius 3 is 2.79 bits per heavy atom. The van der Waals surface area contributed by atoms with E-state index in [0.29, 0.717) is 18.8 Å². The second-order valence-corrected chi connectivity index (χ2v) is 7.12. The molecule has 0 radical (unpaired) electrons. The van der Waals surface area contributed by atoms with E-state index in [1.807, 2.05) is 18.3 Å². The molecule has 0 saturated carbocycles. The molecule has 2 aliphatic rings. The number of nitrogens with zero attached hydrogens (tertiary/aromatic N) is 6. The zero-order valence-corrected chi connectivity index (χ0v) is 15.5. The number of anilines is 2. The van der Waals surface area contributed by atoms with Crippen LogP contribution in [0.1, 0.15) is 16.8 Å². The molecule has 0 aliphatic carbocycles. The molecule has 28 heavy (non-hydrogen) atoms. The molecule has 0 unspecified atom stereocenters. The van der Waals surface area contributed by atoms with Crippen LogP contribution in [0.2, 0.25) is 0 Å². The first kappa shape index (κ1) is 16.9. The Morgan fingerprint density at radius 2 is 1.93 bits per heavy atom. The molecular weight excluding hydrogens is 352 g/mol. The highest BCUT2D eigenvalue weighted by Gasteiger charge is 2.23. The van der Waals surface area contributed by atoms with Crippen LogP contribution < -0.4 is 9.80 Å². The van der Waals surface area contributed by atoms with Crippen LogP contribution in [0, 0.1) is 11.3 Å². The topological polar surface area (TPSA) is 78.2 Å². The highest BCUT2D eigenvalue weighted by molar-refractivity contribution is 5.81. The molecule has 3 aromatic rings. The largest absolute Gasteiger partial charge is 0.376 e. The molecule has 1 saturated heterocycles. The molecule has 0 spiro atoms. The fourth-order valence-corrected chi connectivity index (χ4v) is 3.94. The van der Waals surface area contributed by atoms with E-state index in [-0.39, 0.29) is 0 Å². The first-order valence-corrected chi connectivity index (χ1v) is 9.52. The van der Waals surface area contributed by atoms with Gasteiger partial charge in [-0.25, -0.2) is 15.0 Å². The summed E-state index contributed by atoms with van der Waals surface area (Å²) < 4.78 is 5.50. The van der Waals surface area contributed by atoms with Crippen molar-refractivity contribution in [3.05, 3.63) is 53.6 Å². The van der Waals surface area contributed by atoms with Crippen molar-refractivity contribution in [1.82, 2.24) is 15.0 Å². The first-order valence-electron chi connectivity index (χ1n) is 9.52. The van der Waals surface area contributed by atoms with E-state index in [1.165, 1.54) is 5.69 Å². The third kappa shape index (κ3) is 3.02. The fourth-order valence-electron chi connectivity index (χ4n) is 3.94. The van der Waals surface area contributed by atoms with Crippen molar-refractivity contribution in [1.29, 1.82) is 5.26 Å². The van der Waals surface area contributed by atoms with Gasteiger partial charge in [0.15, 0.2) is 0 Å². The molecular formula is C21H20N6O. The quantitative estimate of drug-likeness (QED) is 0.683. The maximum Gasteiger partial charge on any atom is 0.146 e. The molecule has 0 atom stereocenters. The number of pyridine rings is 1. The van der Waals surface area contributed by atoms with E-state index < -0.39 is 0 Å². The van der Waals surface area contributed by atoms with Crippen LogP contribution in [-0.4, -0.2) is 47.7 Å². The summed E-state index contributed by atoms with van der Waals surface area (Å²) in [4.78, 5) is 17.8. The maximum absolute atomic E-state index is 9.60. The standard InChI is InChI=1S/C21H20N6O/c22-11-15-9-17-13-28-8-3-20(17)25-21(15)27-6-4-26(5-7-27)18-1-2-19-16(10-18)12-23-14-24-19/h1-2,9-10,12,14H,3-8,13H2. The molecule has 7 heteroatoms. The van der Waals surface area contributed by atoms with Gasteiger partial charge in [0.05, 0.1) is 30.0 Å². The lowest BCUT2D eigenvalue weighted by atomic mass is 10.1. The third-order valence-electron chi connectivity index (χ3n) is 5.46. The molecule has 2 aromatic heterocycles. The second-order valence-electron chi connectivity index (χ2n) is 7.12. The number of hydrogen-bond donors (Lipinski definition) is 0. The minimum atomic E-state index is 0.552. The van der Waals surface area contributed by atoms with Crippen LogP contribution in [0.15, 0.2) is 36.8 Å². The molecule has 0 bridgehead atoms. The van der Waals surface area contributed by atoms with Gasteiger partial charge in [0.25, 0.3) is 0 Å². The molecule has 0 amide bonds. The molecule has 1 aromatic carbocycles. The minimum Gasteiger partial charge on any atom is -0.376 e. The number of piperazine rings is 1. The normalized spacial score (nSPS) is 16.7. The Morgan fingerprint density at radius 1 is 1.07 bits per heavy atom. The number of ether oxygens (including phenoxy) is 1. The summed E-state index contributed by atoms with van der Waals surface area (Å²) in [6.45, 7) is 4.68. The van der Waals surface area contributed by atoms with E-state index in [2.05, 4.69) is 38.0 Å². The molecule has 0 N–H and O–H groups in total. The Kier molecular flexibility index (Phi) is 4.26. The number of hydrogen-bond acceptors (Lipinski definition) is 7. The predicted octanol–water partition coefficient (Wildman–Crippen LogP) is 2.30. The number of aromatic nitrogens is 3. The summed E-state index contributed by atoms with van der Waals surface area (Å²) in [5, 5.41) is 10.7. The zero-order valence-electron chi connectivity index (χ0n) is 15.5. The van der Waals surface area contributed by atoms with E-state index in [4.69, 9.17) is 9.72 Å². The molecule has 2 aliphatic heterocycles. The van der Waals surface area contributed by atoms with Crippen molar-refractivity contribution in [2.75, 3.05) is 42.6 Å². The van der Waals surface area contributed by atoms with Crippen LogP contribution in [0.3, 0.4) is 0 Å². The lowest BCUT2D eigenvalue weighted by Crippen LogP contribution is -2.47. The van der Waals surface area contributed by atoms with Gasteiger partial charge in [0, 0.05) is 55.4 Å². The van der Waals surface area contributed by atoms with E-state index >= 15 is 0 Å². The van der Waals surface area contributed by atoms with Gasteiger partial charge in [-0.1, -0.05) is 0 Å². The van der Waals surface area contributed by atoms with Crippen LogP contribution in [-0.2, 0) is 17.8 Å². The highest BCUT2D eigenvalue weighted by Crippen LogP contribution is 2.27. The lowest BCUT2D eigenvalue weighted by molar-refractivity contribution is 0.109. The lowest BCUT2D eigenvalue weighted by Gasteiger charge is -2.37. The SMILES string of the molecule is N#Cc1cc2c(nc1N1CCN(c3ccc4ncncc4c3)CC1)CCOC2. The number of fused-ring (bicyclic) bond motifs is 2. The summed E-state index contributed by atoms with van der Waals surface area (Å²) in [6.07, 6.45) is 4.24. The van der Waals surface area contributed by atoms with Crippen LogP contribution >= 0.6 is 0 Å². The van der Waals surface area contributed by atoms with Gasteiger partial charge < -0.3 is 14.5 Å². The molecule has 4 heterocycles. The predicted molar refractivity (Wildman–Crippen MR) is 106 cm³/mol. The van der Waals surface area contributed by atoms with Gasteiger partial charge in [0.1, 0.15) is 18.2 Å². The Labute approximate surface area is 163 Å². The number of benzene rings is 1. The fraction of sp³-hybridized carbons (Fsp3) is 0.333. The third-order valence-corrected chi connectivity index (χ3v) is 5.46. The zero-order chi connectivity index (χ0) is 18.9. The molecule has 7 nitrogen and oxygen atoms in total. The molecule has 5 rings (SSSR count). The van der Waals surface area contributed by atoms with Crippen LogP contribution in [0.25, 0.3) is 10.9 Å². The second kappa shape index (κ2) is 7.06. The van der Waals surface area contributed by atoms with Gasteiger partial charge in [-0.3, -0.25) is 0 Å². The summed E-state index contributed by atoms with van der Waals surface area (Å²) in [6, 6.07) is 10.6. The monoisotopic (exact) mass is 372 g/mol. The molecule has 1 fully saturated rings. The van der Waals surface area contributed by atoms with Crippen molar-refractivity contribution in [3.63, 3.8) is 0 Å². The Hall–Kier alpha value is -3.24. The van der Waals surface area contributed by atoms with Crippen LogP contribution in [0.4, 0.5) is 11.5 Å². The van der Waals surface area contributed by atoms with Crippen molar-refractivity contribution < 1.29 is 4.74 Å². The van der Waals surface area contributed by atoms with Gasteiger partial charge >= 0.3 is 0 Å². The first-order chi connectivity index (χ1) is 13.8. The van der Waals surface area contributed by atoms with E-state index in [9.17, 15) is 5.26 Å². The number of rotatable bonds is 2. The van der Waals surface area contributed by atoms with E-state index in [0.717, 1.165) is 60.6 Å². The average molecular weight is 372 g/mol. The van der Waals surface area contributed by atoms with Gasteiger partial charge in [-0.15, -0.1) is 0 Å². The Balaban J connectivity index is 1.36. The summed E-state index contributed by atoms with van der Waals surface area (Å²) in [5.74, 6) is 0.815. The summed E-state index contributed by atoms with van der Waals surface area (Å²) >= 11 is 0. The van der Waals surface area contributed by atoms with Crippen molar-refractivity contribution in [2.45, 2.75) is 13.0 Å². The van der Waals surface area contributed by atoms with Crippen molar-refractivity contribution >= 4 is 22.4 Å². The highest BCUT2D eigenvalue weighted by atomic mass is 16.5. The maximum atomic E-state index is 9.60.